The Morgan fingerprint density at radius 2 is 2.06 bits per heavy atom. The molecular weight excluding hydrogens is 196 g/mol. The first-order valence-electron chi connectivity index (χ1n) is 6.38. The second-order valence-electron chi connectivity index (χ2n) is 5.71. The van der Waals surface area contributed by atoms with E-state index < -0.39 is 0 Å². The molecule has 0 radical (unpaired) electrons. The van der Waals surface area contributed by atoms with E-state index in [4.69, 9.17) is 0 Å². The van der Waals surface area contributed by atoms with E-state index in [2.05, 4.69) is 26.8 Å². The first-order valence-corrected chi connectivity index (χ1v) is 6.38. The number of fused-ring (bicyclic) bond motifs is 1. The molecule has 16 heavy (non-hydrogen) atoms. The molecule has 0 saturated heterocycles. The maximum absolute atomic E-state index is 11.8. The molecule has 0 aliphatic heterocycles. The molecule has 0 aromatic carbocycles. The van der Waals surface area contributed by atoms with Gasteiger partial charge in [0.15, 0.2) is 5.78 Å². The quantitative estimate of drug-likeness (QED) is 0.563. The summed E-state index contributed by atoms with van der Waals surface area (Å²) in [5, 5.41) is 0. The van der Waals surface area contributed by atoms with Crippen molar-refractivity contribution in [1.29, 1.82) is 0 Å². The summed E-state index contributed by atoms with van der Waals surface area (Å²) in [6, 6.07) is 0. The van der Waals surface area contributed by atoms with Crippen LogP contribution in [0, 0.1) is 17.8 Å². The molecule has 0 N–H and O–H groups in total. The third kappa shape index (κ3) is 1.88. The third-order valence-electron chi connectivity index (χ3n) is 4.40. The zero-order valence-electron chi connectivity index (χ0n) is 10.8. The molecule has 0 aromatic heterocycles. The zero-order chi connectivity index (χ0) is 11.9. The standard InChI is InChI=1S/C15H22O/c1-9(2)12-6-5-10(3)13-8-15(16)11(4)7-14(12)13/h7,10,13-14H,5-6,8H2,1-4H3/t10-,13-,14+/m1/s1. The Hall–Kier alpha value is -0.850. The van der Waals surface area contributed by atoms with Crippen molar-refractivity contribution in [2.24, 2.45) is 17.8 Å². The highest BCUT2D eigenvalue weighted by molar-refractivity contribution is 5.96. The van der Waals surface area contributed by atoms with Gasteiger partial charge in [-0.3, -0.25) is 4.79 Å². The SMILES string of the molecule is CC1=C[C@H]2C(=C(C)C)CC[C@@H](C)[C@H]2CC1=O. The zero-order valence-corrected chi connectivity index (χ0v) is 10.8. The van der Waals surface area contributed by atoms with Crippen molar-refractivity contribution in [1.82, 2.24) is 0 Å². The number of hydrogen-bond acceptors (Lipinski definition) is 1. The fourth-order valence-electron chi connectivity index (χ4n) is 3.25. The lowest BCUT2D eigenvalue weighted by atomic mass is 9.64. The van der Waals surface area contributed by atoms with Crippen LogP contribution in [0.1, 0.15) is 47.0 Å². The lowest BCUT2D eigenvalue weighted by Crippen LogP contribution is -2.33. The van der Waals surface area contributed by atoms with Gasteiger partial charge in [-0.05, 0) is 51.0 Å². The number of ketones is 1. The fraction of sp³-hybridized carbons (Fsp3) is 0.667. The summed E-state index contributed by atoms with van der Waals surface area (Å²) in [6.45, 7) is 8.70. The van der Waals surface area contributed by atoms with Crippen LogP contribution < -0.4 is 0 Å². The Morgan fingerprint density at radius 1 is 1.38 bits per heavy atom. The lowest BCUT2D eigenvalue weighted by Gasteiger charge is -2.40. The molecule has 0 unspecified atom stereocenters. The predicted octanol–water partition coefficient (Wildman–Crippen LogP) is 3.90. The van der Waals surface area contributed by atoms with Crippen LogP contribution in [0.4, 0.5) is 0 Å². The first-order chi connectivity index (χ1) is 7.50. The molecule has 3 atom stereocenters. The Labute approximate surface area is 98.6 Å². The van der Waals surface area contributed by atoms with Crippen molar-refractivity contribution in [3.63, 3.8) is 0 Å². The molecule has 88 valence electrons. The van der Waals surface area contributed by atoms with Gasteiger partial charge in [0.1, 0.15) is 0 Å². The second-order valence-corrected chi connectivity index (χ2v) is 5.71. The molecule has 0 amide bonds. The van der Waals surface area contributed by atoms with E-state index in [-0.39, 0.29) is 0 Å². The maximum atomic E-state index is 11.8. The molecule has 1 nitrogen and oxygen atoms in total. The lowest BCUT2D eigenvalue weighted by molar-refractivity contribution is -0.117. The largest absolute Gasteiger partial charge is 0.295 e. The molecule has 1 saturated carbocycles. The summed E-state index contributed by atoms with van der Waals surface area (Å²) in [4.78, 5) is 11.8. The van der Waals surface area contributed by atoms with Crippen molar-refractivity contribution in [3.8, 4) is 0 Å². The van der Waals surface area contributed by atoms with Gasteiger partial charge in [0.2, 0.25) is 0 Å². The minimum absolute atomic E-state index is 0.364. The van der Waals surface area contributed by atoms with Crippen molar-refractivity contribution in [2.75, 3.05) is 0 Å². The van der Waals surface area contributed by atoms with Gasteiger partial charge >= 0.3 is 0 Å². The Bertz CT molecular complexity index is 369. The first kappa shape index (κ1) is 11.6. The van der Waals surface area contributed by atoms with E-state index in [1.807, 2.05) is 6.92 Å². The molecular formula is C15H22O. The average molecular weight is 218 g/mol. The van der Waals surface area contributed by atoms with Crippen molar-refractivity contribution in [2.45, 2.75) is 47.0 Å². The van der Waals surface area contributed by atoms with Crippen LogP contribution in [0.25, 0.3) is 0 Å². The van der Waals surface area contributed by atoms with Crippen molar-refractivity contribution < 1.29 is 4.79 Å². The number of carbonyl (C=O) groups excluding carboxylic acids is 1. The number of hydrogen-bond donors (Lipinski definition) is 0. The molecule has 1 fully saturated rings. The summed E-state index contributed by atoms with van der Waals surface area (Å²) in [7, 11) is 0. The summed E-state index contributed by atoms with van der Waals surface area (Å²) in [6.07, 6.45) is 5.48. The smallest absolute Gasteiger partial charge is 0.158 e. The van der Waals surface area contributed by atoms with Crippen LogP contribution in [0.5, 0.6) is 0 Å². The molecule has 0 spiro atoms. The molecule has 1 heteroatoms. The normalized spacial score (nSPS) is 34.5. The fourth-order valence-corrected chi connectivity index (χ4v) is 3.25. The number of allylic oxidation sites excluding steroid dienone is 4. The summed E-state index contributed by atoms with van der Waals surface area (Å²) >= 11 is 0. The van der Waals surface area contributed by atoms with Gasteiger partial charge in [0.05, 0.1) is 0 Å². The highest BCUT2D eigenvalue weighted by Gasteiger charge is 2.37. The van der Waals surface area contributed by atoms with Gasteiger partial charge in [-0.25, -0.2) is 0 Å². The van der Waals surface area contributed by atoms with Crippen LogP contribution in [-0.2, 0) is 4.79 Å². The van der Waals surface area contributed by atoms with E-state index in [0.717, 1.165) is 12.0 Å². The van der Waals surface area contributed by atoms with Crippen LogP contribution in [0.3, 0.4) is 0 Å². The van der Waals surface area contributed by atoms with E-state index in [0.29, 0.717) is 23.5 Å². The summed E-state index contributed by atoms with van der Waals surface area (Å²) in [5.41, 5.74) is 4.03. The van der Waals surface area contributed by atoms with Gasteiger partial charge in [0, 0.05) is 12.3 Å². The third-order valence-corrected chi connectivity index (χ3v) is 4.40. The molecule has 2 rings (SSSR count). The second kappa shape index (κ2) is 4.20. The van der Waals surface area contributed by atoms with E-state index in [1.54, 1.807) is 5.57 Å². The minimum atomic E-state index is 0.364. The highest BCUT2D eigenvalue weighted by atomic mass is 16.1. The van der Waals surface area contributed by atoms with Crippen molar-refractivity contribution in [3.05, 3.63) is 22.8 Å². The Morgan fingerprint density at radius 3 is 2.69 bits per heavy atom. The topological polar surface area (TPSA) is 17.1 Å². The monoisotopic (exact) mass is 218 g/mol. The molecule has 0 aromatic rings. The van der Waals surface area contributed by atoms with Crippen LogP contribution >= 0.6 is 0 Å². The van der Waals surface area contributed by atoms with Gasteiger partial charge in [-0.15, -0.1) is 0 Å². The molecule has 0 heterocycles. The van der Waals surface area contributed by atoms with Gasteiger partial charge in [-0.1, -0.05) is 24.1 Å². The number of Topliss-reactive ketones (excluding diaryl/α,β-unsaturated/α-hetero) is 1. The van der Waals surface area contributed by atoms with E-state index >= 15 is 0 Å². The molecule has 2 aliphatic carbocycles. The Kier molecular flexibility index (Phi) is 3.05. The molecule has 0 bridgehead atoms. The van der Waals surface area contributed by atoms with Gasteiger partial charge in [0.25, 0.3) is 0 Å². The van der Waals surface area contributed by atoms with Crippen LogP contribution in [-0.4, -0.2) is 5.78 Å². The highest BCUT2D eigenvalue weighted by Crippen LogP contribution is 2.45. The maximum Gasteiger partial charge on any atom is 0.158 e. The summed E-state index contributed by atoms with van der Waals surface area (Å²) < 4.78 is 0. The Balaban J connectivity index is 2.40. The summed E-state index contributed by atoms with van der Waals surface area (Å²) in [5.74, 6) is 2.17. The van der Waals surface area contributed by atoms with Crippen LogP contribution in [0.2, 0.25) is 0 Å². The molecule has 2 aliphatic rings. The van der Waals surface area contributed by atoms with Gasteiger partial charge < -0.3 is 0 Å². The minimum Gasteiger partial charge on any atom is -0.295 e. The van der Waals surface area contributed by atoms with Crippen LogP contribution in [0.15, 0.2) is 22.8 Å². The average Bonchev–Trinajstić information content (AvgIpc) is 2.21. The van der Waals surface area contributed by atoms with E-state index in [1.165, 1.54) is 18.4 Å². The van der Waals surface area contributed by atoms with Crippen molar-refractivity contribution >= 4 is 5.78 Å². The predicted molar refractivity (Wildman–Crippen MR) is 67.1 cm³/mol. The van der Waals surface area contributed by atoms with Gasteiger partial charge in [-0.2, -0.15) is 0 Å². The number of rotatable bonds is 0. The van der Waals surface area contributed by atoms with E-state index in [9.17, 15) is 4.79 Å². The number of carbonyl (C=O) groups is 1.